The lowest BCUT2D eigenvalue weighted by molar-refractivity contribution is 0.0696. The van der Waals surface area contributed by atoms with Gasteiger partial charge in [0.2, 0.25) is 0 Å². The van der Waals surface area contributed by atoms with Gasteiger partial charge in [-0.25, -0.2) is 14.0 Å². The Balaban J connectivity index is 1.98. The highest BCUT2D eigenvalue weighted by Crippen LogP contribution is 2.18. The van der Waals surface area contributed by atoms with E-state index in [2.05, 4.69) is 10.6 Å². The van der Waals surface area contributed by atoms with Crippen molar-refractivity contribution in [3.63, 3.8) is 0 Å². The standard InChI is InChI=1S/C12H13FN2O3S/c13-9-5-7(11(16)17)1-2-10(9)15-12(18)14-8-3-4-19-6-8/h1-2,5,8H,3-4,6H2,(H,16,17)(H2,14,15,18). The first-order valence-corrected chi connectivity index (χ1v) is 6.90. The second kappa shape index (κ2) is 5.92. The zero-order chi connectivity index (χ0) is 13.8. The second-order valence-electron chi connectivity index (χ2n) is 4.16. The minimum Gasteiger partial charge on any atom is -0.478 e. The van der Waals surface area contributed by atoms with E-state index in [0.717, 1.165) is 24.0 Å². The van der Waals surface area contributed by atoms with Crippen LogP contribution in [-0.4, -0.2) is 34.7 Å². The highest BCUT2D eigenvalue weighted by molar-refractivity contribution is 7.99. The maximum atomic E-state index is 13.6. The summed E-state index contributed by atoms with van der Waals surface area (Å²) in [7, 11) is 0. The Hall–Kier alpha value is -1.76. The Bertz CT molecular complexity index is 504. The molecule has 2 rings (SSSR count). The molecular weight excluding hydrogens is 271 g/mol. The van der Waals surface area contributed by atoms with Crippen molar-refractivity contribution in [2.75, 3.05) is 16.8 Å². The van der Waals surface area contributed by atoms with Crippen LogP contribution in [0.1, 0.15) is 16.8 Å². The van der Waals surface area contributed by atoms with Crippen LogP contribution in [0, 0.1) is 5.82 Å². The Kier molecular flexibility index (Phi) is 4.26. The van der Waals surface area contributed by atoms with Gasteiger partial charge in [0.15, 0.2) is 0 Å². The first-order valence-electron chi connectivity index (χ1n) is 5.74. The van der Waals surface area contributed by atoms with Gasteiger partial charge in [-0.15, -0.1) is 0 Å². The number of aromatic carboxylic acids is 1. The van der Waals surface area contributed by atoms with Crippen molar-refractivity contribution in [2.24, 2.45) is 0 Å². The van der Waals surface area contributed by atoms with E-state index in [9.17, 15) is 14.0 Å². The molecule has 0 saturated carbocycles. The lowest BCUT2D eigenvalue weighted by Gasteiger charge is -2.13. The molecule has 1 heterocycles. The maximum absolute atomic E-state index is 13.6. The van der Waals surface area contributed by atoms with E-state index < -0.39 is 17.8 Å². The number of amides is 2. The molecule has 0 aromatic heterocycles. The molecule has 0 spiro atoms. The molecule has 1 aliphatic rings. The summed E-state index contributed by atoms with van der Waals surface area (Å²) in [6.45, 7) is 0. The zero-order valence-electron chi connectivity index (χ0n) is 9.98. The van der Waals surface area contributed by atoms with E-state index in [4.69, 9.17) is 5.11 Å². The van der Waals surface area contributed by atoms with Crippen molar-refractivity contribution >= 4 is 29.4 Å². The molecule has 2 amide bonds. The summed E-state index contributed by atoms with van der Waals surface area (Å²) >= 11 is 1.76. The van der Waals surface area contributed by atoms with Gasteiger partial charge in [0.1, 0.15) is 5.82 Å². The number of nitrogens with one attached hydrogen (secondary N) is 2. The molecular formula is C12H13FN2O3S. The van der Waals surface area contributed by atoms with Crippen molar-refractivity contribution < 1.29 is 19.1 Å². The molecule has 1 aromatic carbocycles. The van der Waals surface area contributed by atoms with Crippen LogP contribution in [0.4, 0.5) is 14.9 Å². The average Bonchev–Trinajstić information content (AvgIpc) is 2.84. The molecule has 1 fully saturated rings. The highest BCUT2D eigenvalue weighted by atomic mass is 32.2. The monoisotopic (exact) mass is 284 g/mol. The first kappa shape index (κ1) is 13.7. The lowest BCUT2D eigenvalue weighted by atomic mass is 10.2. The number of thioether (sulfide) groups is 1. The van der Waals surface area contributed by atoms with Crippen LogP contribution in [0.15, 0.2) is 18.2 Å². The molecule has 19 heavy (non-hydrogen) atoms. The smallest absolute Gasteiger partial charge is 0.335 e. The van der Waals surface area contributed by atoms with Gasteiger partial charge in [0, 0.05) is 11.8 Å². The third-order valence-corrected chi connectivity index (χ3v) is 3.89. The molecule has 102 valence electrons. The van der Waals surface area contributed by atoms with E-state index in [-0.39, 0.29) is 17.3 Å². The Morgan fingerprint density at radius 3 is 2.79 bits per heavy atom. The predicted octanol–water partition coefficient (Wildman–Crippen LogP) is 2.15. The summed E-state index contributed by atoms with van der Waals surface area (Å²) in [5, 5.41) is 13.8. The molecule has 1 unspecified atom stereocenters. The van der Waals surface area contributed by atoms with Crippen LogP contribution in [0.25, 0.3) is 0 Å². The Morgan fingerprint density at radius 2 is 2.21 bits per heavy atom. The second-order valence-corrected chi connectivity index (χ2v) is 5.31. The minimum atomic E-state index is -1.21. The number of hydrogen-bond donors (Lipinski definition) is 3. The predicted molar refractivity (Wildman–Crippen MR) is 71.2 cm³/mol. The van der Waals surface area contributed by atoms with Gasteiger partial charge in [0.05, 0.1) is 11.3 Å². The summed E-state index contributed by atoms with van der Waals surface area (Å²) in [6.07, 6.45) is 0.901. The average molecular weight is 284 g/mol. The molecule has 0 bridgehead atoms. The van der Waals surface area contributed by atoms with Crippen LogP contribution >= 0.6 is 11.8 Å². The van der Waals surface area contributed by atoms with Crippen LogP contribution in [-0.2, 0) is 0 Å². The summed E-state index contributed by atoms with van der Waals surface area (Å²) in [4.78, 5) is 22.3. The fourth-order valence-electron chi connectivity index (χ4n) is 1.74. The van der Waals surface area contributed by atoms with Gasteiger partial charge in [-0.3, -0.25) is 0 Å². The first-order chi connectivity index (χ1) is 9.06. The van der Waals surface area contributed by atoms with Crippen molar-refractivity contribution in [3.8, 4) is 0 Å². The van der Waals surface area contributed by atoms with Crippen LogP contribution in [0.3, 0.4) is 0 Å². The molecule has 1 aromatic rings. The quantitative estimate of drug-likeness (QED) is 0.794. The van der Waals surface area contributed by atoms with Gasteiger partial charge in [-0.1, -0.05) is 0 Å². The summed E-state index contributed by atoms with van der Waals surface area (Å²) in [6, 6.07) is 2.98. The topological polar surface area (TPSA) is 78.4 Å². The Morgan fingerprint density at radius 1 is 1.42 bits per heavy atom. The number of anilines is 1. The van der Waals surface area contributed by atoms with Gasteiger partial charge in [-0.2, -0.15) is 11.8 Å². The molecule has 5 nitrogen and oxygen atoms in total. The summed E-state index contributed by atoms with van der Waals surface area (Å²) in [5.41, 5.74) is -0.191. The number of urea groups is 1. The van der Waals surface area contributed by atoms with E-state index in [1.54, 1.807) is 11.8 Å². The summed E-state index contributed by atoms with van der Waals surface area (Å²) in [5.74, 6) is -0.116. The third-order valence-electron chi connectivity index (χ3n) is 2.73. The number of hydrogen-bond acceptors (Lipinski definition) is 3. The molecule has 0 radical (unpaired) electrons. The number of carbonyl (C=O) groups is 2. The fraction of sp³-hybridized carbons (Fsp3) is 0.333. The van der Waals surface area contributed by atoms with Crippen molar-refractivity contribution in [2.45, 2.75) is 12.5 Å². The molecule has 0 aliphatic carbocycles. The minimum absolute atomic E-state index is 0.0341. The normalized spacial score (nSPS) is 18.1. The molecule has 1 aliphatic heterocycles. The largest absolute Gasteiger partial charge is 0.478 e. The number of rotatable bonds is 3. The number of halogens is 1. The van der Waals surface area contributed by atoms with Crippen LogP contribution < -0.4 is 10.6 Å². The van der Waals surface area contributed by atoms with E-state index in [0.29, 0.717) is 0 Å². The Labute approximate surface area is 113 Å². The summed E-state index contributed by atoms with van der Waals surface area (Å²) < 4.78 is 13.6. The van der Waals surface area contributed by atoms with Gasteiger partial charge in [-0.05, 0) is 30.4 Å². The molecule has 1 atom stereocenters. The van der Waals surface area contributed by atoms with E-state index in [1.165, 1.54) is 12.1 Å². The number of carboxylic acid groups (broad SMARTS) is 1. The highest BCUT2D eigenvalue weighted by Gasteiger charge is 2.18. The zero-order valence-corrected chi connectivity index (χ0v) is 10.8. The lowest BCUT2D eigenvalue weighted by Crippen LogP contribution is -2.38. The number of carboxylic acids is 1. The molecule has 7 heteroatoms. The van der Waals surface area contributed by atoms with E-state index >= 15 is 0 Å². The third kappa shape index (κ3) is 3.60. The van der Waals surface area contributed by atoms with Gasteiger partial charge < -0.3 is 15.7 Å². The van der Waals surface area contributed by atoms with Crippen molar-refractivity contribution in [1.29, 1.82) is 0 Å². The van der Waals surface area contributed by atoms with Crippen molar-refractivity contribution in [1.82, 2.24) is 5.32 Å². The van der Waals surface area contributed by atoms with Crippen LogP contribution in [0.5, 0.6) is 0 Å². The van der Waals surface area contributed by atoms with E-state index in [1.807, 2.05) is 0 Å². The SMILES string of the molecule is O=C(Nc1ccc(C(=O)O)cc1F)NC1CCSC1. The number of carbonyl (C=O) groups excluding carboxylic acids is 1. The van der Waals surface area contributed by atoms with Crippen LogP contribution in [0.2, 0.25) is 0 Å². The molecule has 1 saturated heterocycles. The van der Waals surface area contributed by atoms with Gasteiger partial charge in [0.25, 0.3) is 0 Å². The van der Waals surface area contributed by atoms with Crippen molar-refractivity contribution in [3.05, 3.63) is 29.6 Å². The maximum Gasteiger partial charge on any atom is 0.335 e. The van der Waals surface area contributed by atoms with Gasteiger partial charge >= 0.3 is 12.0 Å². The molecule has 3 N–H and O–H groups in total. The fourth-order valence-corrected chi connectivity index (χ4v) is 2.89. The number of benzene rings is 1.